The molecule has 4 rings (SSSR count). The van der Waals surface area contributed by atoms with E-state index in [1.165, 1.54) is 38.4 Å². The van der Waals surface area contributed by atoms with Crippen LogP contribution in [-0.2, 0) is 20.8 Å². The molecule has 0 aromatic heterocycles. The number of ether oxygens (including phenoxy) is 2. The number of hydrogen-bond acceptors (Lipinski definition) is 8. The summed E-state index contributed by atoms with van der Waals surface area (Å²) < 4.78 is 65.5. The number of aryl methyl sites for hydroxylation is 1. The maximum Gasteiger partial charge on any atom is 0.471 e. The molecule has 1 aliphatic heterocycles. The number of alkyl halides is 3. The first kappa shape index (κ1) is 33.6. The molecule has 4 bridgehead atoms. The van der Waals surface area contributed by atoms with Crippen molar-refractivity contribution in [2.45, 2.75) is 37.6 Å². The molecule has 0 spiro atoms. The number of nitro groups is 1. The number of amides is 3. The predicted molar refractivity (Wildman–Crippen MR) is 155 cm³/mol. The lowest BCUT2D eigenvalue weighted by Crippen LogP contribution is -2.51. The van der Waals surface area contributed by atoms with Crippen LogP contribution in [0.1, 0.15) is 34.3 Å². The maximum absolute atomic E-state index is 14.1. The van der Waals surface area contributed by atoms with Crippen LogP contribution in [0, 0.1) is 22.9 Å². The number of carbonyl (C=O) groups is 3. The van der Waals surface area contributed by atoms with Gasteiger partial charge in [0.25, 0.3) is 0 Å². The second-order valence-electron chi connectivity index (χ2n) is 10.4. The fourth-order valence-electron chi connectivity index (χ4n) is 4.93. The van der Waals surface area contributed by atoms with Gasteiger partial charge in [0.2, 0.25) is 17.6 Å². The van der Waals surface area contributed by atoms with Crippen molar-refractivity contribution < 1.29 is 46.3 Å². The third-order valence-corrected chi connectivity index (χ3v) is 7.06. The molecule has 3 aromatic carbocycles. The molecule has 3 aromatic rings. The highest BCUT2D eigenvalue weighted by Crippen LogP contribution is 2.36. The highest BCUT2D eigenvalue weighted by atomic mass is 19.4. The molecule has 1 aliphatic rings. The first-order chi connectivity index (χ1) is 21.7. The fourth-order valence-corrected chi connectivity index (χ4v) is 4.93. The van der Waals surface area contributed by atoms with E-state index in [0.29, 0.717) is 11.1 Å². The molecule has 3 amide bonds. The number of likely N-dealkylation sites (N-methyl/N-ethyl adjacent to an activating group) is 1. The number of nitrogens with zero attached hydrogens (tertiary/aromatic N) is 1. The molecule has 16 heteroatoms. The van der Waals surface area contributed by atoms with Crippen molar-refractivity contribution in [3.05, 3.63) is 92.8 Å². The number of benzene rings is 3. The lowest BCUT2D eigenvalue weighted by Gasteiger charge is -2.27. The van der Waals surface area contributed by atoms with Gasteiger partial charge >= 0.3 is 17.8 Å². The van der Waals surface area contributed by atoms with Crippen molar-refractivity contribution in [2.75, 3.05) is 20.7 Å². The molecular weight excluding hydrogens is 618 g/mol. The second kappa shape index (κ2) is 13.8. The zero-order chi connectivity index (χ0) is 33.8. The van der Waals surface area contributed by atoms with Gasteiger partial charge in [0.05, 0.1) is 12.0 Å². The van der Waals surface area contributed by atoms with Crippen molar-refractivity contribution in [3.8, 4) is 17.2 Å². The standard InChI is InChI=1S/C30H29F4N5O7/c1-15-8-18-12-20(9-15)46-24-13-17(5-7-23(24)45-3)26(38-29(42)30(32,33)34)28(41)37-19(14-36-25(18)27(40)35-2)10-16-4-6-21(31)22(11-16)39(43)44/h4-9,11-13,19,25-26,36H,10,14H2,1-3H3,(H,35,40)(H,37,41)(H,38,42)/t19-,25+,26-/m1/s1. The molecule has 12 nitrogen and oxygen atoms in total. The number of nitro benzene ring substituents is 1. The summed E-state index contributed by atoms with van der Waals surface area (Å²) in [6.45, 7) is 1.55. The Bertz CT molecular complexity index is 1670. The van der Waals surface area contributed by atoms with Gasteiger partial charge < -0.3 is 30.7 Å². The molecule has 3 atom stereocenters. The van der Waals surface area contributed by atoms with Gasteiger partial charge in [-0.3, -0.25) is 24.5 Å². The zero-order valence-corrected chi connectivity index (χ0v) is 24.7. The maximum atomic E-state index is 14.1. The molecule has 244 valence electrons. The summed E-state index contributed by atoms with van der Waals surface area (Å²) in [4.78, 5) is 49.2. The average Bonchev–Trinajstić information content (AvgIpc) is 2.99. The number of fused-ring (bicyclic) bond motifs is 4. The Morgan fingerprint density at radius 3 is 2.50 bits per heavy atom. The van der Waals surface area contributed by atoms with Gasteiger partial charge in [-0.15, -0.1) is 0 Å². The van der Waals surface area contributed by atoms with E-state index in [0.717, 1.165) is 12.1 Å². The predicted octanol–water partition coefficient (Wildman–Crippen LogP) is 3.68. The van der Waals surface area contributed by atoms with Crippen LogP contribution in [0.4, 0.5) is 23.2 Å². The largest absolute Gasteiger partial charge is 0.493 e. The highest BCUT2D eigenvalue weighted by Gasteiger charge is 2.41. The van der Waals surface area contributed by atoms with E-state index in [2.05, 4.69) is 16.0 Å². The van der Waals surface area contributed by atoms with Crippen LogP contribution in [0.25, 0.3) is 0 Å². The van der Waals surface area contributed by atoms with Gasteiger partial charge in [-0.1, -0.05) is 18.2 Å². The molecule has 1 heterocycles. The minimum absolute atomic E-state index is 0.00714. The number of rotatable bonds is 6. The molecule has 0 fully saturated rings. The van der Waals surface area contributed by atoms with Crippen molar-refractivity contribution >= 4 is 23.4 Å². The Kier molecular flexibility index (Phi) is 10.1. The lowest BCUT2D eigenvalue weighted by atomic mass is 9.99. The second-order valence-corrected chi connectivity index (χ2v) is 10.4. The molecule has 4 N–H and O–H groups in total. The van der Waals surface area contributed by atoms with Crippen molar-refractivity contribution in [3.63, 3.8) is 0 Å². The van der Waals surface area contributed by atoms with Crippen LogP contribution in [0.3, 0.4) is 0 Å². The highest BCUT2D eigenvalue weighted by molar-refractivity contribution is 5.91. The summed E-state index contributed by atoms with van der Waals surface area (Å²) >= 11 is 0. The van der Waals surface area contributed by atoms with Gasteiger partial charge in [0.1, 0.15) is 17.8 Å². The van der Waals surface area contributed by atoms with Gasteiger partial charge in [0.15, 0.2) is 11.5 Å². The van der Waals surface area contributed by atoms with Crippen LogP contribution in [-0.4, -0.2) is 55.6 Å². The number of carbonyl (C=O) groups excluding carboxylic acids is 3. The van der Waals surface area contributed by atoms with Gasteiger partial charge in [0, 0.05) is 25.7 Å². The van der Waals surface area contributed by atoms with Crippen molar-refractivity contribution in [1.29, 1.82) is 0 Å². The van der Waals surface area contributed by atoms with Gasteiger partial charge in [-0.2, -0.15) is 17.6 Å². The average molecular weight is 648 g/mol. The van der Waals surface area contributed by atoms with Gasteiger partial charge in [-0.25, -0.2) is 0 Å². The molecule has 0 saturated heterocycles. The molecule has 0 radical (unpaired) electrons. The Hall–Kier alpha value is -5.25. The summed E-state index contributed by atoms with van der Waals surface area (Å²) in [5.74, 6) is -4.68. The number of methoxy groups -OCH3 is 1. The molecule has 0 aliphatic carbocycles. The monoisotopic (exact) mass is 647 g/mol. The van der Waals surface area contributed by atoms with Crippen molar-refractivity contribution in [1.82, 2.24) is 21.3 Å². The zero-order valence-electron chi connectivity index (χ0n) is 24.7. The van der Waals surface area contributed by atoms with Crippen LogP contribution in [0.15, 0.2) is 54.6 Å². The Morgan fingerprint density at radius 2 is 1.85 bits per heavy atom. The van der Waals surface area contributed by atoms with Crippen molar-refractivity contribution in [2.24, 2.45) is 0 Å². The summed E-state index contributed by atoms with van der Waals surface area (Å²) in [5.41, 5.74) is 0.424. The Balaban J connectivity index is 1.86. The third kappa shape index (κ3) is 7.87. The molecular formula is C30H29F4N5O7. The molecule has 0 saturated carbocycles. The normalized spacial score (nSPS) is 18.3. The van der Waals surface area contributed by atoms with Crippen LogP contribution < -0.4 is 30.7 Å². The van der Waals surface area contributed by atoms with Crippen LogP contribution >= 0.6 is 0 Å². The van der Waals surface area contributed by atoms with E-state index < -0.39 is 58.5 Å². The molecule has 46 heavy (non-hydrogen) atoms. The summed E-state index contributed by atoms with van der Waals surface area (Å²) in [5, 5.41) is 21.2. The number of halogens is 4. The Labute approximate surface area is 259 Å². The van der Waals surface area contributed by atoms with Gasteiger partial charge in [-0.05, 0) is 65.9 Å². The quantitative estimate of drug-likeness (QED) is 0.179. The SMILES string of the molecule is CNC(=O)[C@H]1NC[C@@H](Cc2ccc(F)c([N+](=O)[O-])c2)NC(=O)[C@H](NC(=O)C(F)(F)F)c2ccc(OC)c(c2)Oc2cc(C)cc1c2. The van der Waals surface area contributed by atoms with E-state index in [1.54, 1.807) is 30.4 Å². The van der Waals surface area contributed by atoms with E-state index in [9.17, 15) is 42.1 Å². The van der Waals surface area contributed by atoms with Crippen LogP contribution in [0.5, 0.6) is 17.2 Å². The van der Waals surface area contributed by atoms with E-state index >= 15 is 0 Å². The lowest BCUT2D eigenvalue weighted by molar-refractivity contribution is -0.387. The summed E-state index contributed by atoms with van der Waals surface area (Å²) in [6.07, 6.45) is -5.52. The summed E-state index contributed by atoms with van der Waals surface area (Å²) in [6, 6.07) is 7.89. The third-order valence-electron chi connectivity index (χ3n) is 7.06. The Morgan fingerprint density at radius 1 is 1.11 bits per heavy atom. The summed E-state index contributed by atoms with van der Waals surface area (Å²) in [7, 11) is 2.73. The number of nitrogens with one attached hydrogen (secondary N) is 4. The number of hydrogen-bond donors (Lipinski definition) is 4. The topological polar surface area (TPSA) is 161 Å². The molecule has 0 unspecified atom stereocenters. The van der Waals surface area contributed by atoms with E-state index in [1.807, 2.05) is 0 Å². The van der Waals surface area contributed by atoms with E-state index in [-0.39, 0.29) is 41.3 Å². The smallest absolute Gasteiger partial charge is 0.471 e. The van der Waals surface area contributed by atoms with Crippen LogP contribution in [0.2, 0.25) is 0 Å². The fraction of sp³-hybridized carbons (Fsp3) is 0.300. The van der Waals surface area contributed by atoms with E-state index in [4.69, 9.17) is 9.47 Å². The minimum Gasteiger partial charge on any atom is -0.493 e. The first-order valence-electron chi connectivity index (χ1n) is 13.7. The minimum atomic E-state index is -5.34. The first-order valence-corrected chi connectivity index (χ1v) is 13.7.